The van der Waals surface area contributed by atoms with Crippen molar-refractivity contribution in [3.63, 3.8) is 0 Å². The first-order valence-corrected chi connectivity index (χ1v) is 6.08. The Bertz CT molecular complexity index is 560. The molecule has 1 heterocycles. The molecule has 1 atom stereocenters. The SMILES string of the molecule is COC1CCOC1=O.Oc1cccc2ccccc12. The van der Waals surface area contributed by atoms with E-state index in [0.717, 1.165) is 10.8 Å². The average molecular weight is 260 g/mol. The highest BCUT2D eigenvalue weighted by molar-refractivity contribution is 5.87. The lowest BCUT2D eigenvalue weighted by molar-refractivity contribution is -0.145. The van der Waals surface area contributed by atoms with E-state index in [1.807, 2.05) is 36.4 Å². The maximum absolute atomic E-state index is 10.5. The number of methoxy groups -OCH3 is 1. The number of rotatable bonds is 1. The van der Waals surface area contributed by atoms with E-state index in [1.54, 1.807) is 6.07 Å². The molecule has 0 bridgehead atoms. The highest BCUT2D eigenvalue weighted by Crippen LogP contribution is 2.22. The Morgan fingerprint density at radius 1 is 1.21 bits per heavy atom. The molecule has 0 amide bonds. The zero-order valence-electron chi connectivity index (χ0n) is 10.7. The van der Waals surface area contributed by atoms with Crippen molar-refractivity contribution in [3.8, 4) is 5.75 Å². The fourth-order valence-corrected chi connectivity index (χ4v) is 1.90. The number of phenols is 1. The normalized spacial score (nSPS) is 17.7. The van der Waals surface area contributed by atoms with Crippen LogP contribution >= 0.6 is 0 Å². The first kappa shape index (κ1) is 13.4. The molecule has 0 saturated carbocycles. The number of hydrogen-bond donors (Lipinski definition) is 1. The molecule has 0 aliphatic carbocycles. The quantitative estimate of drug-likeness (QED) is 0.800. The van der Waals surface area contributed by atoms with Gasteiger partial charge in [-0.3, -0.25) is 0 Å². The average Bonchev–Trinajstić information content (AvgIpc) is 2.86. The molecular weight excluding hydrogens is 244 g/mol. The molecule has 2 aromatic rings. The van der Waals surface area contributed by atoms with Gasteiger partial charge in [0.05, 0.1) is 6.61 Å². The lowest BCUT2D eigenvalue weighted by atomic mass is 10.1. The van der Waals surface area contributed by atoms with Gasteiger partial charge in [0.15, 0.2) is 6.10 Å². The first-order chi connectivity index (χ1) is 9.22. The monoisotopic (exact) mass is 260 g/mol. The Morgan fingerprint density at radius 2 is 1.95 bits per heavy atom. The van der Waals surface area contributed by atoms with E-state index in [0.29, 0.717) is 18.8 Å². The smallest absolute Gasteiger partial charge is 0.335 e. The third-order valence-corrected chi connectivity index (χ3v) is 2.94. The standard InChI is InChI=1S/C10H8O.C5H8O3/c11-10-7-3-5-8-4-1-2-6-9(8)10;1-7-4-2-3-8-5(4)6/h1-7,11H;4H,2-3H2,1H3. The van der Waals surface area contributed by atoms with Crippen molar-refractivity contribution < 1.29 is 19.4 Å². The molecule has 3 rings (SSSR count). The third-order valence-electron chi connectivity index (χ3n) is 2.94. The second kappa shape index (κ2) is 6.20. The summed E-state index contributed by atoms with van der Waals surface area (Å²) >= 11 is 0. The zero-order valence-corrected chi connectivity index (χ0v) is 10.7. The van der Waals surface area contributed by atoms with Gasteiger partial charge in [-0.05, 0) is 11.5 Å². The Labute approximate surface area is 111 Å². The van der Waals surface area contributed by atoms with Crippen LogP contribution in [0.5, 0.6) is 5.75 Å². The van der Waals surface area contributed by atoms with Gasteiger partial charge in [-0.2, -0.15) is 0 Å². The Kier molecular flexibility index (Phi) is 4.36. The van der Waals surface area contributed by atoms with E-state index in [1.165, 1.54) is 7.11 Å². The van der Waals surface area contributed by atoms with E-state index in [9.17, 15) is 9.90 Å². The second-order valence-corrected chi connectivity index (χ2v) is 4.18. The molecule has 1 aliphatic heterocycles. The van der Waals surface area contributed by atoms with Gasteiger partial charge in [0.25, 0.3) is 0 Å². The molecule has 19 heavy (non-hydrogen) atoms. The molecule has 4 heteroatoms. The summed E-state index contributed by atoms with van der Waals surface area (Å²) in [5.41, 5.74) is 0. The van der Waals surface area contributed by atoms with Crippen LogP contribution < -0.4 is 0 Å². The molecule has 0 spiro atoms. The van der Waals surface area contributed by atoms with Crippen molar-refractivity contribution in [2.45, 2.75) is 12.5 Å². The minimum Gasteiger partial charge on any atom is -0.507 e. The number of esters is 1. The van der Waals surface area contributed by atoms with E-state index in [2.05, 4.69) is 4.74 Å². The van der Waals surface area contributed by atoms with Crippen LogP contribution in [0.2, 0.25) is 0 Å². The molecule has 1 N–H and O–H groups in total. The number of ether oxygens (including phenoxy) is 2. The summed E-state index contributed by atoms with van der Waals surface area (Å²) in [6.07, 6.45) is 0.407. The number of aromatic hydroxyl groups is 1. The predicted octanol–water partition coefficient (Wildman–Crippen LogP) is 2.49. The fourth-order valence-electron chi connectivity index (χ4n) is 1.90. The molecule has 2 aromatic carbocycles. The van der Waals surface area contributed by atoms with Crippen LogP contribution in [0, 0.1) is 0 Å². The lowest BCUT2D eigenvalue weighted by Gasteiger charge is -1.98. The van der Waals surface area contributed by atoms with Gasteiger partial charge in [0.2, 0.25) is 0 Å². The summed E-state index contributed by atoms with van der Waals surface area (Å²) in [6, 6.07) is 13.3. The second-order valence-electron chi connectivity index (χ2n) is 4.18. The minimum atomic E-state index is -0.296. The molecule has 4 nitrogen and oxygen atoms in total. The number of carbonyl (C=O) groups excluding carboxylic acids is 1. The number of carbonyl (C=O) groups is 1. The molecule has 1 saturated heterocycles. The fraction of sp³-hybridized carbons (Fsp3) is 0.267. The van der Waals surface area contributed by atoms with Crippen molar-refractivity contribution in [1.29, 1.82) is 0 Å². The van der Waals surface area contributed by atoms with Crippen molar-refractivity contribution >= 4 is 16.7 Å². The number of phenolic OH excluding ortho intramolecular Hbond substituents is 1. The summed E-state index contributed by atoms with van der Waals surface area (Å²) in [6.45, 7) is 0.511. The Hall–Kier alpha value is -2.07. The van der Waals surface area contributed by atoms with Gasteiger partial charge in [-0.15, -0.1) is 0 Å². The maximum Gasteiger partial charge on any atom is 0.335 e. The van der Waals surface area contributed by atoms with Crippen LogP contribution in [0.15, 0.2) is 42.5 Å². The van der Waals surface area contributed by atoms with Gasteiger partial charge in [-0.25, -0.2) is 4.79 Å². The summed E-state index contributed by atoms with van der Waals surface area (Å²) in [5.74, 6) is 0.121. The summed E-state index contributed by atoms with van der Waals surface area (Å²) in [4.78, 5) is 10.5. The van der Waals surface area contributed by atoms with Gasteiger partial charge >= 0.3 is 5.97 Å². The summed E-state index contributed by atoms with van der Waals surface area (Å²) in [5, 5.41) is 11.4. The van der Waals surface area contributed by atoms with Gasteiger partial charge < -0.3 is 14.6 Å². The molecular formula is C15H16O4. The van der Waals surface area contributed by atoms with Crippen LogP contribution in [-0.2, 0) is 14.3 Å². The third kappa shape index (κ3) is 3.23. The predicted molar refractivity (Wildman–Crippen MR) is 72.0 cm³/mol. The minimum absolute atomic E-state index is 0.229. The first-order valence-electron chi connectivity index (χ1n) is 6.08. The highest BCUT2D eigenvalue weighted by atomic mass is 16.6. The van der Waals surface area contributed by atoms with E-state index in [4.69, 9.17) is 4.74 Å². The van der Waals surface area contributed by atoms with E-state index >= 15 is 0 Å². The van der Waals surface area contributed by atoms with Gasteiger partial charge in [-0.1, -0.05) is 36.4 Å². The van der Waals surface area contributed by atoms with Crippen LogP contribution in [0.25, 0.3) is 10.8 Å². The summed E-state index contributed by atoms with van der Waals surface area (Å²) < 4.78 is 9.34. The number of fused-ring (bicyclic) bond motifs is 1. The van der Waals surface area contributed by atoms with Gasteiger partial charge in [0, 0.05) is 18.9 Å². The van der Waals surface area contributed by atoms with E-state index in [-0.39, 0.29) is 12.1 Å². The Balaban J connectivity index is 0.000000148. The maximum atomic E-state index is 10.5. The molecule has 1 fully saturated rings. The van der Waals surface area contributed by atoms with Crippen molar-refractivity contribution in [2.75, 3.05) is 13.7 Å². The molecule has 0 aromatic heterocycles. The van der Waals surface area contributed by atoms with Crippen LogP contribution in [0.3, 0.4) is 0 Å². The highest BCUT2D eigenvalue weighted by Gasteiger charge is 2.25. The lowest BCUT2D eigenvalue weighted by Crippen LogP contribution is -2.15. The number of benzene rings is 2. The molecule has 0 radical (unpaired) electrons. The summed E-state index contributed by atoms with van der Waals surface area (Å²) in [7, 11) is 1.51. The topological polar surface area (TPSA) is 55.8 Å². The number of hydrogen-bond acceptors (Lipinski definition) is 4. The van der Waals surface area contributed by atoms with Crippen molar-refractivity contribution in [3.05, 3.63) is 42.5 Å². The number of cyclic esters (lactones) is 1. The van der Waals surface area contributed by atoms with Crippen molar-refractivity contribution in [1.82, 2.24) is 0 Å². The molecule has 1 unspecified atom stereocenters. The van der Waals surface area contributed by atoms with E-state index < -0.39 is 0 Å². The van der Waals surface area contributed by atoms with Gasteiger partial charge in [0.1, 0.15) is 5.75 Å². The molecule has 1 aliphatic rings. The van der Waals surface area contributed by atoms with Crippen LogP contribution in [0.4, 0.5) is 0 Å². The van der Waals surface area contributed by atoms with Crippen LogP contribution in [0.1, 0.15) is 6.42 Å². The largest absolute Gasteiger partial charge is 0.507 e. The molecule has 100 valence electrons. The van der Waals surface area contributed by atoms with Crippen molar-refractivity contribution in [2.24, 2.45) is 0 Å². The van der Waals surface area contributed by atoms with Crippen LogP contribution in [-0.4, -0.2) is 30.9 Å². The Morgan fingerprint density at radius 3 is 2.53 bits per heavy atom. The zero-order chi connectivity index (χ0) is 13.7.